The molecular formula is C4H9F3OS2. The number of rotatable bonds is 1. The van der Waals surface area contributed by atoms with Gasteiger partial charge >= 0.3 is 5.51 Å². The zero-order valence-corrected chi connectivity index (χ0v) is 7.49. The van der Waals surface area contributed by atoms with E-state index in [-0.39, 0.29) is 11.8 Å². The van der Waals surface area contributed by atoms with E-state index in [9.17, 15) is 13.2 Å². The summed E-state index contributed by atoms with van der Waals surface area (Å²) in [6.07, 6.45) is 2.88. The molecule has 0 aromatic carbocycles. The Kier molecular flexibility index (Phi) is 9.88. The molecule has 0 radical (unpaired) electrons. The molecule has 0 saturated heterocycles. The zero-order chi connectivity index (χ0) is 8.62. The van der Waals surface area contributed by atoms with Crippen LogP contribution in [0.25, 0.3) is 0 Å². The molecular weight excluding hydrogens is 185 g/mol. The van der Waals surface area contributed by atoms with Crippen LogP contribution in [0.1, 0.15) is 0 Å². The van der Waals surface area contributed by atoms with Crippen molar-refractivity contribution < 1.29 is 17.4 Å². The summed E-state index contributed by atoms with van der Waals surface area (Å²) in [6, 6.07) is 0. The van der Waals surface area contributed by atoms with E-state index >= 15 is 0 Å². The van der Waals surface area contributed by atoms with Gasteiger partial charge in [0.05, 0.1) is 7.11 Å². The highest BCUT2D eigenvalue weighted by molar-refractivity contribution is 7.99. The van der Waals surface area contributed by atoms with Crippen LogP contribution >= 0.6 is 23.8 Å². The molecule has 0 aliphatic heterocycles. The Hall–Kier alpha value is 0.450. The first-order valence-corrected chi connectivity index (χ1v) is 4.54. The van der Waals surface area contributed by atoms with E-state index in [0.717, 1.165) is 6.26 Å². The van der Waals surface area contributed by atoms with Gasteiger partial charge in [0.2, 0.25) is 0 Å². The number of halogens is 3. The predicted octanol–water partition coefficient (Wildman–Crippen LogP) is 2.78. The Labute approximate surface area is 66.9 Å². The summed E-state index contributed by atoms with van der Waals surface area (Å²) in [6.45, 7) is 0. The highest BCUT2D eigenvalue weighted by Gasteiger charge is 2.24. The predicted molar refractivity (Wildman–Crippen MR) is 40.1 cm³/mol. The summed E-state index contributed by atoms with van der Waals surface area (Å²) in [5.74, 6) is 0. The van der Waals surface area contributed by atoms with E-state index in [4.69, 9.17) is 0 Å². The van der Waals surface area contributed by atoms with Crippen molar-refractivity contribution in [2.24, 2.45) is 0 Å². The van der Waals surface area contributed by atoms with Crippen molar-refractivity contribution in [1.82, 2.24) is 0 Å². The van der Waals surface area contributed by atoms with Gasteiger partial charge in [0.1, 0.15) is 0 Å². The van der Waals surface area contributed by atoms with Crippen LogP contribution in [-0.4, -0.2) is 25.1 Å². The number of thioether (sulfide) groups is 1. The average molecular weight is 194 g/mol. The third kappa shape index (κ3) is 23.7. The van der Waals surface area contributed by atoms with Crippen LogP contribution in [0.4, 0.5) is 13.2 Å². The molecule has 0 aliphatic rings. The van der Waals surface area contributed by atoms with Gasteiger partial charge in [-0.25, -0.2) is 0 Å². The molecule has 0 rings (SSSR count). The van der Waals surface area contributed by atoms with Crippen molar-refractivity contribution in [2.75, 3.05) is 19.6 Å². The van der Waals surface area contributed by atoms with Gasteiger partial charge in [-0.05, 0) is 18.3 Å². The molecule has 10 heavy (non-hydrogen) atoms. The van der Waals surface area contributed by atoms with E-state index in [1.807, 2.05) is 6.26 Å². The van der Waals surface area contributed by atoms with Crippen molar-refractivity contribution in [3.63, 3.8) is 0 Å². The van der Waals surface area contributed by atoms with Crippen LogP contribution in [0.15, 0.2) is 0 Å². The first-order valence-electron chi connectivity index (χ1n) is 2.16. The summed E-state index contributed by atoms with van der Waals surface area (Å²) in [5.41, 5.74) is -4.04. The largest absolute Gasteiger partial charge is 0.441 e. The van der Waals surface area contributed by atoms with Crippen molar-refractivity contribution in [3.05, 3.63) is 0 Å². The monoisotopic (exact) mass is 194 g/mol. The van der Waals surface area contributed by atoms with E-state index in [1.54, 1.807) is 7.11 Å². The Bertz CT molecular complexity index is 64.0. The standard InChI is InChI=1S/C2H3F3S.C2H6OS/c1-6-2(3,4)5;1-3-4-2/h1H3;1-2H3. The topological polar surface area (TPSA) is 9.23 Å². The van der Waals surface area contributed by atoms with Crippen LogP contribution in [-0.2, 0) is 4.18 Å². The van der Waals surface area contributed by atoms with Crippen LogP contribution in [0.3, 0.4) is 0 Å². The number of alkyl halides is 3. The Morgan fingerprint density at radius 2 is 1.40 bits per heavy atom. The Morgan fingerprint density at radius 1 is 1.20 bits per heavy atom. The smallest absolute Gasteiger partial charge is 0.319 e. The zero-order valence-electron chi connectivity index (χ0n) is 5.86. The first-order chi connectivity index (χ1) is 4.47. The lowest BCUT2D eigenvalue weighted by Crippen LogP contribution is -1.96. The van der Waals surface area contributed by atoms with Gasteiger partial charge in [-0.15, -0.1) is 0 Å². The van der Waals surface area contributed by atoms with Gasteiger partial charge < -0.3 is 4.18 Å². The van der Waals surface area contributed by atoms with E-state index in [1.165, 1.54) is 12.0 Å². The molecule has 0 saturated carbocycles. The summed E-state index contributed by atoms with van der Waals surface area (Å²) in [7, 11) is 1.64. The van der Waals surface area contributed by atoms with Gasteiger partial charge in [0.25, 0.3) is 0 Å². The maximum Gasteiger partial charge on any atom is 0.441 e. The maximum atomic E-state index is 10.7. The molecule has 0 amide bonds. The van der Waals surface area contributed by atoms with Gasteiger partial charge in [-0.3, -0.25) is 0 Å². The molecule has 0 spiro atoms. The minimum atomic E-state index is -4.04. The van der Waals surface area contributed by atoms with Gasteiger partial charge in [0, 0.05) is 6.26 Å². The summed E-state index contributed by atoms with van der Waals surface area (Å²) < 4.78 is 36.7. The second kappa shape index (κ2) is 7.56. The minimum Gasteiger partial charge on any atom is -0.319 e. The van der Waals surface area contributed by atoms with Crippen LogP contribution in [0.5, 0.6) is 0 Å². The summed E-state index contributed by atoms with van der Waals surface area (Å²) >= 11 is 1.24. The summed E-state index contributed by atoms with van der Waals surface area (Å²) in [5, 5.41) is 0. The Balaban J connectivity index is 0. The first kappa shape index (κ1) is 13.1. The third-order valence-corrected chi connectivity index (χ3v) is 1.19. The lowest BCUT2D eigenvalue weighted by atomic mass is 11.6. The van der Waals surface area contributed by atoms with E-state index in [0.29, 0.717) is 0 Å². The average Bonchev–Trinajstić information content (AvgIpc) is 1.87. The second-order valence-corrected chi connectivity index (χ2v) is 2.52. The maximum absolute atomic E-state index is 10.7. The fourth-order valence-electron chi connectivity index (χ4n) is 0. The van der Waals surface area contributed by atoms with Gasteiger partial charge in [-0.1, -0.05) is 11.8 Å². The molecule has 0 heterocycles. The molecule has 0 atom stereocenters. The van der Waals surface area contributed by atoms with Crippen molar-refractivity contribution >= 4 is 23.8 Å². The number of hydrogen-bond donors (Lipinski definition) is 0. The molecule has 0 aromatic heterocycles. The third-order valence-electron chi connectivity index (χ3n) is 0.398. The molecule has 0 aliphatic carbocycles. The van der Waals surface area contributed by atoms with Gasteiger partial charge in [0.15, 0.2) is 0 Å². The van der Waals surface area contributed by atoms with E-state index in [2.05, 4.69) is 4.18 Å². The van der Waals surface area contributed by atoms with E-state index < -0.39 is 5.51 Å². The van der Waals surface area contributed by atoms with Crippen molar-refractivity contribution in [1.29, 1.82) is 0 Å². The summed E-state index contributed by atoms with van der Waals surface area (Å²) in [4.78, 5) is 0. The molecule has 0 fully saturated rings. The normalized spacial score (nSPS) is 10.2. The molecule has 0 unspecified atom stereocenters. The van der Waals surface area contributed by atoms with Crippen LogP contribution < -0.4 is 0 Å². The lowest BCUT2D eigenvalue weighted by molar-refractivity contribution is -0.0323. The highest BCUT2D eigenvalue weighted by atomic mass is 32.2. The fourth-order valence-corrected chi connectivity index (χ4v) is 0. The minimum absolute atomic E-state index is 0.118. The van der Waals surface area contributed by atoms with Crippen molar-refractivity contribution in [3.8, 4) is 0 Å². The van der Waals surface area contributed by atoms with Crippen LogP contribution in [0, 0.1) is 0 Å². The molecule has 0 bridgehead atoms. The lowest BCUT2D eigenvalue weighted by Gasteiger charge is -1.95. The molecule has 0 aromatic rings. The quantitative estimate of drug-likeness (QED) is 0.594. The number of hydrogen-bond acceptors (Lipinski definition) is 3. The Morgan fingerprint density at radius 3 is 1.40 bits per heavy atom. The SMILES string of the molecule is COSC.CSC(F)(F)F. The van der Waals surface area contributed by atoms with Gasteiger partial charge in [-0.2, -0.15) is 13.2 Å². The highest BCUT2D eigenvalue weighted by Crippen LogP contribution is 2.26. The fraction of sp³-hybridized carbons (Fsp3) is 1.00. The molecule has 0 N–H and O–H groups in total. The second-order valence-electron chi connectivity index (χ2n) is 0.983. The molecule has 1 nitrogen and oxygen atoms in total. The van der Waals surface area contributed by atoms with Crippen molar-refractivity contribution in [2.45, 2.75) is 5.51 Å². The molecule has 64 valence electrons. The van der Waals surface area contributed by atoms with Crippen LogP contribution in [0.2, 0.25) is 0 Å². The molecule has 6 heteroatoms.